The van der Waals surface area contributed by atoms with Crippen LogP contribution < -0.4 is 0 Å². The molecule has 1 aliphatic rings. The van der Waals surface area contributed by atoms with Crippen molar-refractivity contribution in [3.8, 4) is 0 Å². The van der Waals surface area contributed by atoms with Crippen LogP contribution in [0.1, 0.15) is 23.2 Å². The molecule has 93 valence electrons. The minimum Gasteiger partial charge on any atom is -0.400 e. The Morgan fingerprint density at radius 3 is 2.94 bits per heavy atom. The number of hydrogen-bond donors (Lipinski definition) is 0. The Balaban J connectivity index is 0.00000120. The molecule has 18 heavy (non-hydrogen) atoms. The van der Waals surface area contributed by atoms with E-state index < -0.39 is 0 Å². The van der Waals surface area contributed by atoms with E-state index in [0.717, 1.165) is 19.3 Å². The third-order valence-electron chi connectivity index (χ3n) is 3.98. The number of hydrogen-bond acceptors (Lipinski definition) is 1. The van der Waals surface area contributed by atoms with Gasteiger partial charge in [0.2, 0.25) is 0 Å². The van der Waals surface area contributed by atoms with Gasteiger partial charge in [0.25, 0.3) is 0 Å². The summed E-state index contributed by atoms with van der Waals surface area (Å²) in [6.45, 7) is 2.11. The molecule has 1 heterocycles. The van der Waals surface area contributed by atoms with E-state index in [-0.39, 0.29) is 32.7 Å². The number of fused-ring (bicyclic) bond motifs is 3. The first-order valence-electron chi connectivity index (χ1n) is 6.22. The average Bonchev–Trinajstić information content (AvgIpc) is 2.62. The van der Waals surface area contributed by atoms with E-state index in [4.69, 9.17) is 4.74 Å². The van der Waals surface area contributed by atoms with Crippen molar-refractivity contribution in [1.82, 2.24) is 4.57 Å². The molecule has 3 heteroatoms. The second-order valence-electron chi connectivity index (χ2n) is 5.00. The van der Waals surface area contributed by atoms with Crippen molar-refractivity contribution < 1.29 is 37.4 Å². The van der Waals surface area contributed by atoms with Crippen molar-refractivity contribution in [2.45, 2.75) is 32.3 Å². The van der Waals surface area contributed by atoms with E-state index >= 15 is 0 Å². The van der Waals surface area contributed by atoms with Crippen LogP contribution in [0.5, 0.6) is 0 Å². The number of nitrogens with zero attached hydrogens (tertiary/aromatic N) is 1. The van der Waals surface area contributed by atoms with Gasteiger partial charge in [0.05, 0.1) is 6.10 Å². The predicted molar refractivity (Wildman–Crippen MR) is 69.3 cm³/mol. The smallest absolute Gasteiger partial charge is 0.0615 e. The first kappa shape index (κ1) is 14.2. The summed E-state index contributed by atoms with van der Waals surface area (Å²) in [5.41, 5.74) is 5.48. The molecule has 0 amide bonds. The molecule has 0 saturated carbocycles. The van der Waals surface area contributed by atoms with E-state index in [9.17, 15) is 0 Å². The van der Waals surface area contributed by atoms with E-state index in [1.54, 1.807) is 0 Å². The van der Waals surface area contributed by atoms with Gasteiger partial charge in [0.1, 0.15) is 0 Å². The summed E-state index contributed by atoms with van der Waals surface area (Å²) in [5.74, 6) is 0. The monoisotopic (exact) mass is 317 g/mol. The maximum atomic E-state index is 5.52. The van der Waals surface area contributed by atoms with Crippen molar-refractivity contribution in [3.63, 3.8) is 0 Å². The number of aryl methyl sites for hydroxylation is 2. The SMILES string of the molecule is COC1CCc2c(c3cc(C)[c-]cc3n2C)C1.[Y]. The van der Waals surface area contributed by atoms with Crippen LogP contribution in [0, 0.1) is 13.0 Å². The maximum Gasteiger partial charge on any atom is 0.0615 e. The number of ether oxygens (including phenoxy) is 1. The molecule has 2 aromatic rings. The van der Waals surface area contributed by atoms with Crippen LogP contribution >= 0.6 is 0 Å². The minimum atomic E-state index is 0. The van der Waals surface area contributed by atoms with Crippen LogP contribution in [0.25, 0.3) is 10.9 Å². The predicted octanol–water partition coefficient (Wildman–Crippen LogP) is 2.79. The normalized spacial score (nSPS) is 18.5. The van der Waals surface area contributed by atoms with Crippen LogP contribution in [0.2, 0.25) is 0 Å². The fourth-order valence-electron chi connectivity index (χ4n) is 2.99. The Morgan fingerprint density at radius 2 is 2.22 bits per heavy atom. The zero-order valence-corrected chi connectivity index (χ0v) is 14.1. The fourth-order valence-corrected chi connectivity index (χ4v) is 2.99. The molecule has 0 N–H and O–H groups in total. The summed E-state index contributed by atoms with van der Waals surface area (Å²) >= 11 is 0. The molecular weight excluding hydrogens is 299 g/mol. The molecule has 3 rings (SSSR count). The van der Waals surface area contributed by atoms with Crippen molar-refractivity contribution in [2.75, 3.05) is 7.11 Å². The van der Waals surface area contributed by atoms with Gasteiger partial charge >= 0.3 is 0 Å². The molecule has 1 unspecified atom stereocenters. The van der Waals surface area contributed by atoms with Gasteiger partial charge in [-0.2, -0.15) is 23.8 Å². The second-order valence-corrected chi connectivity index (χ2v) is 5.00. The van der Waals surface area contributed by atoms with Gasteiger partial charge in [-0.3, -0.25) is 0 Å². The first-order valence-corrected chi connectivity index (χ1v) is 6.22. The average molecular weight is 317 g/mol. The molecule has 1 aromatic heterocycles. The largest absolute Gasteiger partial charge is 0.400 e. The summed E-state index contributed by atoms with van der Waals surface area (Å²) in [5, 5.41) is 1.39. The van der Waals surface area contributed by atoms with Crippen molar-refractivity contribution in [1.29, 1.82) is 0 Å². The third-order valence-corrected chi connectivity index (χ3v) is 3.98. The molecule has 0 spiro atoms. The zero-order chi connectivity index (χ0) is 12.0. The minimum absolute atomic E-state index is 0. The van der Waals surface area contributed by atoms with Crippen molar-refractivity contribution >= 4 is 10.9 Å². The van der Waals surface area contributed by atoms with Crippen molar-refractivity contribution in [3.05, 3.63) is 35.0 Å². The molecular formula is C15H18NOY-. The van der Waals surface area contributed by atoms with Crippen molar-refractivity contribution in [2.24, 2.45) is 7.05 Å². The Morgan fingerprint density at radius 1 is 1.44 bits per heavy atom. The Kier molecular flexibility index (Phi) is 4.30. The van der Waals surface area contributed by atoms with Crippen LogP contribution in [-0.2, 0) is 57.3 Å². The van der Waals surface area contributed by atoms with E-state index in [0.29, 0.717) is 6.10 Å². The van der Waals surface area contributed by atoms with Crippen LogP contribution in [0.3, 0.4) is 0 Å². The standard InChI is InChI=1S/C15H18NO.Y/c1-10-4-6-14-12(8-10)13-9-11(17-3)5-7-15(13)16(14)2;/h6,8,11H,5,7,9H2,1-3H3;/q-1;. The van der Waals surface area contributed by atoms with Gasteiger partial charge < -0.3 is 9.30 Å². The van der Waals surface area contributed by atoms with Crippen LogP contribution in [0.15, 0.2) is 12.1 Å². The van der Waals surface area contributed by atoms with E-state index in [2.05, 4.69) is 36.7 Å². The van der Waals surface area contributed by atoms with E-state index in [1.807, 2.05) is 7.11 Å². The third kappa shape index (κ3) is 2.19. The summed E-state index contributed by atoms with van der Waals surface area (Å²) in [6.07, 6.45) is 3.69. The first-order chi connectivity index (χ1) is 8.20. The number of rotatable bonds is 1. The molecule has 1 radical (unpaired) electrons. The maximum absolute atomic E-state index is 5.52. The summed E-state index contributed by atoms with van der Waals surface area (Å²) in [4.78, 5) is 0. The Labute approximate surface area is 134 Å². The van der Waals surface area contributed by atoms with Gasteiger partial charge in [-0.05, 0) is 31.9 Å². The summed E-state index contributed by atoms with van der Waals surface area (Å²) < 4.78 is 7.85. The van der Waals surface area contributed by atoms with Gasteiger partial charge in [-0.1, -0.05) is 12.4 Å². The zero-order valence-electron chi connectivity index (χ0n) is 11.3. The summed E-state index contributed by atoms with van der Waals surface area (Å²) in [7, 11) is 3.98. The molecule has 2 nitrogen and oxygen atoms in total. The molecule has 0 aliphatic heterocycles. The molecule has 1 atom stereocenters. The number of methoxy groups -OCH3 is 1. The summed E-state index contributed by atoms with van der Waals surface area (Å²) in [6, 6.07) is 7.67. The van der Waals surface area contributed by atoms with Crippen LogP contribution in [0.4, 0.5) is 0 Å². The Hall–Kier alpha value is -0.176. The van der Waals surface area contributed by atoms with Gasteiger partial charge in [0.15, 0.2) is 0 Å². The molecule has 0 saturated heterocycles. The van der Waals surface area contributed by atoms with Gasteiger partial charge in [-0.25, -0.2) is 0 Å². The van der Waals surface area contributed by atoms with E-state index in [1.165, 1.54) is 27.7 Å². The van der Waals surface area contributed by atoms with Gasteiger partial charge in [-0.15, -0.1) is 5.39 Å². The molecule has 0 bridgehead atoms. The second kappa shape index (κ2) is 5.44. The van der Waals surface area contributed by atoms with Crippen LogP contribution in [-0.4, -0.2) is 17.8 Å². The molecule has 1 aromatic carbocycles. The topological polar surface area (TPSA) is 14.2 Å². The number of aromatic nitrogens is 1. The molecule has 0 fully saturated rings. The number of benzene rings is 1. The Bertz CT molecular complexity index is 573. The quantitative estimate of drug-likeness (QED) is 0.738. The van der Waals surface area contributed by atoms with Gasteiger partial charge in [0, 0.05) is 45.5 Å². The fraction of sp³-hybridized carbons (Fsp3) is 0.467. The molecule has 1 aliphatic carbocycles.